The predicted octanol–water partition coefficient (Wildman–Crippen LogP) is 4.76. The molecule has 168 valence electrons. The Balaban J connectivity index is 1.87. The molecule has 0 bridgehead atoms. The normalized spacial score (nSPS) is 11.1. The molecule has 0 saturated carbocycles. The molecule has 6 heteroatoms. The highest BCUT2D eigenvalue weighted by Gasteiger charge is 2.32. The number of amides is 2. The lowest BCUT2D eigenvalue weighted by Gasteiger charge is -2.37. The van der Waals surface area contributed by atoms with Crippen LogP contribution in [0, 0.1) is 0 Å². The molecule has 3 aromatic rings. The summed E-state index contributed by atoms with van der Waals surface area (Å²) in [5, 5.41) is 0. The lowest BCUT2D eigenvalue weighted by molar-refractivity contribution is -0.134. The summed E-state index contributed by atoms with van der Waals surface area (Å²) in [5.74, 6) is 0.757. The van der Waals surface area contributed by atoms with Crippen molar-refractivity contribution in [2.24, 2.45) is 0 Å². The van der Waals surface area contributed by atoms with Gasteiger partial charge in [-0.15, -0.1) is 0 Å². The Bertz CT molecular complexity index is 1020. The van der Waals surface area contributed by atoms with E-state index in [2.05, 4.69) is 0 Å². The number of ether oxygens (including phenoxy) is 1. The van der Waals surface area contributed by atoms with Crippen LogP contribution in [-0.2, 0) is 17.9 Å². The van der Waals surface area contributed by atoms with Gasteiger partial charge in [0.2, 0.25) is 5.91 Å². The maximum atomic E-state index is 13.5. The van der Waals surface area contributed by atoms with Gasteiger partial charge in [0.25, 0.3) is 5.91 Å². The summed E-state index contributed by atoms with van der Waals surface area (Å²) >= 11 is 0. The first-order valence-corrected chi connectivity index (χ1v) is 10.6. The minimum Gasteiger partial charge on any atom is -0.496 e. The van der Waals surface area contributed by atoms with E-state index in [-0.39, 0.29) is 18.4 Å². The maximum Gasteiger partial charge on any atom is 0.258 e. The van der Waals surface area contributed by atoms with Gasteiger partial charge in [-0.2, -0.15) is 0 Å². The Hall–Kier alpha value is -3.54. The smallest absolute Gasteiger partial charge is 0.258 e. The van der Waals surface area contributed by atoms with Crippen LogP contribution in [0.1, 0.15) is 42.5 Å². The molecule has 0 fully saturated rings. The second-order valence-corrected chi connectivity index (χ2v) is 8.58. The Morgan fingerprint density at radius 2 is 1.59 bits per heavy atom. The zero-order chi connectivity index (χ0) is 23.1. The number of hydrogen-bond acceptors (Lipinski definition) is 4. The Kier molecular flexibility index (Phi) is 7.36. The molecule has 1 heterocycles. The van der Waals surface area contributed by atoms with Crippen LogP contribution in [0.25, 0.3) is 0 Å². The van der Waals surface area contributed by atoms with Crippen molar-refractivity contribution in [2.45, 2.75) is 39.4 Å². The molecule has 3 rings (SSSR count). The molecule has 0 saturated heterocycles. The van der Waals surface area contributed by atoms with Crippen LogP contribution >= 0.6 is 0 Å². The van der Waals surface area contributed by atoms with Crippen molar-refractivity contribution in [1.29, 1.82) is 0 Å². The topological polar surface area (TPSA) is 63.0 Å². The van der Waals surface area contributed by atoms with Gasteiger partial charge in [-0.3, -0.25) is 9.59 Å². The molecule has 0 aliphatic rings. The highest BCUT2D eigenvalue weighted by molar-refractivity contribution is 5.99. The van der Waals surface area contributed by atoms with E-state index in [4.69, 9.17) is 9.15 Å². The Labute approximate surface area is 189 Å². The summed E-state index contributed by atoms with van der Waals surface area (Å²) in [6, 6.07) is 20.5. The van der Waals surface area contributed by atoms with Crippen molar-refractivity contribution in [3.05, 3.63) is 89.9 Å². The maximum absolute atomic E-state index is 13.5. The largest absolute Gasteiger partial charge is 0.496 e. The molecule has 2 aromatic carbocycles. The zero-order valence-corrected chi connectivity index (χ0v) is 19.1. The molecule has 0 N–H and O–H groups in total. The summed E-state index contributed by atoms with van der Waals surface area (Å²) in [5.41, 5.74) is 0.862. The molecule has 0 aliphatic carbocycles. The van der Waals surface area contributed by atoms with Crippen LogP contribution in [0.4, 0.5) is 0 Å². The molecule has 0 radical (unpaired) electrons. The standard InChI is InChI=1S/C26H30N2O4/c1-26(2,3)28(25(30)22-14-8-9-15-23(22)31-4)19-24(29)27(18-21-13-10-16-32-21)17-20-11-6-5-7-12-20/h5-16H,17-19H2,1-4H3. The molecular weight excluding hydrogens is 404 g/mol. The van der Waals surface area contributed by atoms with E-state index >= 15 is 0 Å². The third kappa shape index (κ3) is 5.78. The van der Waals surface area contributed by atoms with Gasteiger partial charge in [-0.25, -0.2) is 0 Å². The minimum atomic E-state index is -0.573. The van der Waals surface area contributed by atoms with Crippen molar-refractivity contribution in [2.75, 3.05) is 13.7 Å². The number of carbonyl (C=O) groups is 2. The van der Waals surface area contributed by atoms with Gasteiger partial charge >= 0.3 is 0 Å². The molecule has 2 amide bonds. The first-order valence-electron chi connectivity index (χ1n) is 10.6. The van der Waals surface area contributed by atoms with Gasteiger partial charge in [-0.05, 0) is 50.6 Å². The SMILES string of the molecule is COc1ccccc1C(=O)N(CC(=O)N(Cc1ccccc1)Cc1ccco1)C(C)(C)C. The number of hydrogen-bond donors (Lipinski definition) is 0. The number of para-hydroxylation sites is 1. The average Bonchev–Trinajstić information content (AvgIpc) is 3.29. The van der Waals surface area contributed by atoms with Crippen LogP contribution in [0.2, 0.25) is 0 Å². The zero-order valence-electron chi connectivity index (χ0n) is 19.1. The number of furan rings is 1. The molecule has 1 aromatic heterocycles. The van der Waals surface area contributed by atoms with Crippen molar-refractivity contribution < 1.29 is 18.7 Å². The first kappa shape index (κ1) is 23.1. The number of nitrogens with zero attached hydrogens (tertiary/aromatic N) is 2. The fraction of sp³-hybridized carbons (Fsp3) is 0.308. The van der Waals surface area contributed by atoms with E-state index in [0.29, 0.717) is 30.2 Å². The van der Waals surface area contributed by atoms with E-state index in [9.17, 15) is 9.59 Å². The van der Waals surface area contributed by atoms with Gasteiger partial charge in [-0.1, -0.05) is 42.5 Å². The fourth-order valence-corrected chi connectivity index (χ4v) is 3.44. The number of methoxy groups -OCH3 is 1. The number of benzene rings is 2. The molecule has 0 atom stereocenters. The lowest BCUT2D eigenvalue weighted by Crippen LogP contribution is -2.51. The van der Waals surface area contributed by atoms with Gasteiger partial charge in [0.15, 0.2) is 0 Å². The van der Waals surface area contributed by atoms with Gasteiger partial charge in [0, 0.05) is 12.1 Å². The van der Waals surface area contributed by atoms with Crippen LogP contribution in [0.3, 0.4) is 0 Å². The highest BCUT2D eigenvalue weighted by Crippen LogP contribution is 2.24. The van der Waals surface area contributed by atoms with E-state index < -0.39 is 5.54 Å². The van der Waals surface area contributed by atoms with E-state index in [1.807, 2.05) is 63.2 Å². The molecule has 32 heavy (non-hydrogen) atoms. The molecule has 6 nitrogen and oxygen atoms in total. The second-order valence-electron chi connectivity index (χ2n) is 8.58. The van der Waals surface area contributed by atoms with Gasteiger partial charge < -0.3 is 19.0 Å². The Morgan fingerprint density at radius 3 is 2.22 bits per heavy atom. The van der Waals surface area contributed by atoms with E-state index in [1.165, 1.54) is 7.11 Å². The molecule has 0 unspecified atom stereocenters. The third-order valence-corrected chi connectivity index (χ3v) is 5.18. The molecular formula is C26H30N2O4. The molecule has 0 aliphatic heterocycles. The van der Waals surface area contributed by atoms with Crippen molar-refractivity contribution >= 4 is 11.8 Å². The van der Waals surface area contributed by atoms with Crippen LogP contribution in [-0.4, -0.2) is 40.8 Å². The predicted molar refractivity (Wildman–Crippen MR) is 123 cm³/mol. The summed E-state index contributed by atoms with van der Waals surface area (Å²) < 4.78 is 10.9. The van der Waals surface area contributed by atoms with Crippen molar-refractivity contribution in [1.82, 2.24) is 9.80 Å². The molecule has 0 spiro atoms. The average molecular weight is 435 g/mol. The summed E-state index contributed by atoms with van der Waals surface area (Å²) in [6.45, 7) is 6.43. The number of carbonyl (C=O) groups excluding carboxylic acids is 2. The first-order chi connectivity index (χ1) is 15.3. The summed E-state index contributed by atoms with van der Waals surface area (Å²) in [4.78, 5) is 30.2. The Morgan fingerprint density at radius 1 is 0.906 bits per heavy atom. The summed E-state index contributed by atoms with van der Waals surface area (Å²) in [6.07, 6.45) is 1.59. The summed E-state index contributed by atoms with van der Waals surface area (Å²) in [7, 11) is 1.53. The van der Waals surface area contributed by atoms with Crippen molar-refractivity contribution in [3.63, 3.8) is 0 Å². The van der Waals surface area contributed by atoms with Gasteiger partial charge in [0.05, 0.1) is 25.5 Å². The van der Waals surface area contributed by atoms with Gasteiger partial charge in [0.1, 0.15) is 18.1 Å². The highest BCUT2D eigenvalue weighted by atomic mass is 16.5. The van der Waals surface area contributed by atoms with Crippen LogP contribution in [0.15, 0.2) is 77.4 Å². The monoisotopic (exact) mass is 434 g/mol. The lowest BCUT2D eigenvalue weighted by atomic mass is 10.0. The van der Waals surface area contributed by atoms with E-state index in [1.54, 1.807) is 40.3 Å². The van der Waals surface area contributed by atoms with E-state index in [0.717, 1.165) is 5.56 Å². The second kappa shape index (κ2) is 10.2. The van der Waals surface area contributed by atoms with Crippen LogP contribution in [0.5, 0.6) is 5.75 Å². The van der Waals surface area contributed by atoms with Crippen LogP contribution < -0.4 is 4.74 Å². The minimum absolute atomic E-state index is 0.0616. The fourth-order valence-electron chi connectivity index (χ4n) is 3.44. The third-order valence-electron chi connectivity index (χ3n) is 5.18. The quantitative estimate of drug-likeness (QED) is 0.513. The number of rotatable bonds is 8. The van der Waals surface area contributed by atoms with Crippen molar-refractivity contribution in [3.8, 4) is 5.75 Å².